The molecule has 0 spiro atoms. The normalized spacial score (nSPS) is 11.0. The average Bonchev–Trinajstić information content (AvgIpc) is 3.05. The van der Waals surface area contributed by atoms with Crippen LogP contribution in [0.4, 0.5) is 0 Å². The molecule has 134 valence electrons. The lowest BCUT2D eigenvalue weighted by Crippen LogP contribution is -2.27. The third-order valence-corrected chi connectivity index (χ3v) is 4.43. The van der Waals surface area contributed by atoms with Gasteiger partial charge in [0.2, 0.25) is 0 Å². The average molecular weight is 349 g/mol. The first-order valence-electron chi connectivity index (χ1n) is 8.90. The summed E-state index contributed by atoms with van der Waals surface area (Å²) in [5.74, 6) is 0.847. The lowest BCUT2D eigenvalue weighted by molar-refractivity contribution is 0.223. The molecule has 0 atom stereocenters. The van der Waals surface area contributed by atoms with E-state index < -0.39 is 0 Å². The predicted octanol–water partition coefficient (Wildman–Crippen LogP) is 3.34. The number of fused-ring (bicyclic) bond motifs is 1. The maximum atomic E-state index is 8.99. The van der Waals surface area contributed by atoms with Crippen LogP contribution in [0.3, 0.4) is 0 Å². The molecule has 26 heavy (non-hydrogen) atoms. The highest BCUT2D eigenvalue weighted by atomic mass is 16.5. The quantitative estimate of drug-likeness (QED) is 0.624. The molecule has 0 bridgehead atoms. The zero-order valence-electron chi connectivity index (χ0n) is 15.2. The van der Waals surface area contributed by atoms with Gasteiger partial charge in [-0.15, -0.1) is 0 Å². The zero-order chi connectivity index (χ0) is 18.4. The number of nitriles is 1. The van der Waals surface area contributed by atoms with Crippen molar-refractivity contribution in [3.63, 3.8) is 0 Å². The smallest absolute Gasteiger partial charge is 0.159 e. The number of rotatable bonds is 8. The van der Waals surface area contributed by atoms with Gasteiger partial charge in [0.25, 0.3) is 0 Å². The minimum atomic E-state index is 0.181. The third-order valence-electron chi connectivity index (χ3n) is 4.43. The van der Waals surface area contributed by atoms with Crippen molar-refractivity contribution in [1.29, 1.82) is 5.26 Å². The van der Waals surface area contributed by atoms with Crippen molar-refractivity contribution < 1.29 is 4.74 Å². The number of aromatic nitrogens is 3. The monoisotopic (exact) mass is 349 g/mol. The second-order valence-electron chi connectivity index (χ2n) is 5.94. The van der Waals surface area contributed by atoms with Gasteiger partial charge in [0, 0.05) is 23.7 Å². The van der Waals surface area contributed by atoms with Crippen LogP contribution < -0.4 is 4.74 Å². The molecule has 0 fully saturated rings. The van der Waals surface area contributed by atoms with Gasteiger partial charge in [-0.1, -0.05) is 13.8 Å². The Labute approximate surface area is 153 Å². The van der Waals surface area contributed by atoms with Crippen molar-refractivity contribution in [3.8, 4) is 23.1 Å². The summed E-state index contributed by atoms with van der Waals surface area (Å²) in [4.78, 5) is 6.69. The second kappa shape index (κ2) is 8.45. The summed E-state index contributed by atoms with van der Waals surface area (Å²) >= 11 is 0. The number of likely N-dealkylation sites (N-methyl/N-ethyl adjacent to an activating group) is 1. The summed E-state index contributed by atoms with van der Waals surface area (Å²) in [5, 5.41) is 14.5. The van der Waals surface area contributed by atoms with Gasteiger partial charge in [-0.2, -0.15) is 10.4 Å². The van der Waals surface area contributed by atoms with E-state index in [9.17, 15) is 0 Å². The Kier molecular flexibility index (Phi) is 5.82. The number of benzene rings is 1. The van der Waals surface area contributed by atoms with E-state index in [2.05, 4.69) is 34.9 Å². The molecular formula is C20H23N5O. The summed E-state index contributed by atoms with van der Waals surface area (Å²) in [6.07, 6.45) is 1.72. The molecule has 2 aromatic heterocycles. The molecule has 1 aromatic carbocycles. The van der Waals surface area contributed by atoms with E-state index in [1.807, 2.05) is 36.4 Å². The van der Waals surface area contributed by atoms with Crippen LogP contribution in [-0.2, 0) is 6.54 Å². The lowest BCUT2D eigenvalue weighted by Gasteiger charge is -2.18. The summed E-state index contributed by atoms with van der Waals surface area (Å²) in [5.41, 5.74) is 2.54. The molecule has 0 unspecified atom stereocenters. The van der Waals surface area contributed by atoms with Gasteiger partial charge in [-0.3, -0.25) is 0 Å². The Morgan fingerprint density at radius 3 is 2.62 bits per heavy atom. The largest absolute Gasteiger partial charge is 0.492 e. The molecule has 0 N–H and O–H groups in total. The van der Waals surface area contributed by atoms with Crippen LogP contribution in [0.25, 0.3) is 22.3 Å². The van der Waals surface area contributed by atoms with Crippen LogP contribution in [0.1, 0.15) is 13.8 Å². The van der Waals surface area contributed by atoms with Crippen LogP contribution in [-0.4, -0.2) is 45.9 Å². The van der Waals surface area contributed by atoms with Crippen LogP contribution in [0, 0.1) is 11.3 Å². The SMILES string of the molecule is CCN(CC)CCOc1ccc(-c2nn(CC#N)c3ncccc23)cc1. The standard InChI is InChI=1S/C20H23N5O/c1-3-24(4-2)14-15-26-17-9-7-16(8-10-17)19-18-6-5-12-22-20(18)25(23-19)13-11-21/h5-10,12H,3-4,13-15H2,1-2H3. The van der Waals surface area contributed by atoms with Crippen molar-refractivity contribution in [2.75, 3.05) is 26.2 Å². The summed E-state index contributed by atoms with van der Waals surface area (Å²) in [6, 6.07) is 13.9. The topological polar surface area (TPSA) is 67.0 Å². The molecule has 3 aromatic rings. The number of hydrogen-bond donors (Lipinski definition) is 0. The fraction of sp³-hybridized carbons (Fsp3) is 0.350. The Morgan fingerprint density at radius 2 is 1.92 bits per heavy atom. The number of ether oxygens (including phenoxy) is 1. The van der Waals surface area contributed by atoms with Crippen LogP contribution >= 0.6 is 0 Å². The van der Waals surface area contributed by atoms with Gasteiger partial charge in [0.15, 0.2) is 5.65 Å². The molecular weight excluding hydrogens is 326 g/mol. The Balaban J connectivity index is 1.77. The molecule has 3 rings (SSSR count). The molecule has 0 aliphatic carbocycles. The minimum absolute atomic E-state index is 0.181. The minimum Gasteiger partial charge on any atom is -0.492 e. The maximum absolute atomic E-state index is 8.99. The van der Waals surface area contributed by atoms with Crippen LogP contribution in [0.2, 0.25) is 0 Å². The van der Waals surface area contributed by atoms with E-state index in [0.717, 1.165) is 47.7 Å². The Morgan fingerprint density at radius 1 is 1.15 bits per heavy atom. The van der Waals surface area contributed by atoms with E-state index in [0.29, 0.717) is 6.61 Å². The van der Waals surface area contributed by atoms with Crippen molar-refractivity contribution in [3.05, 3.63) is 42.6 Å². The maximum Gasteiger partial charge on any atom is 0.159 e. The van der Waals surface area contributed by atoms with Crippen molar-refractivity contribution in [1.82, 2.24) is 19.7 Å². The van der Waals surface area contributed by atoms with E-state index in [-0.39, 0.29) is 6.54 Å². The third kappa shape index (κ3) is 3.84. The highest BCUT2D eigenvalue weighted by Crippen LogP contribution is 2.28. The Bertz CT molecular complexity index is 891. The summed E-state index contributed by atoms with van der Waals surface area (Å²) in [6.45, 7) is 8.15. The molecule has 2 heterocycles. The fourth-order valence-electron chi connectivity index (χ4n) is 2.94. The molecule has 0 saturated heterocycles. The van der Waals surface area contributed by atoms with Gasteiger partial charge < -0.3 is 9.64 Å². The van der Waals surface area contributed by atoms with E-state index in [1.54, 1.807) is 10.9 Å². The number of nitrogens with zero attached hydrogens (tertiary/aromatic N) is 5. The van der Waals surface area contributed by atoms with Gasteiger partial charge in [-0.25, -0.2) is 9.67 Å². The number of hydrogen-bond acceptors (Lipinski definition) is 5. The number of pyridine rings is 1. The first-order chi connectivity index (χ1) is 12.8. The summed E-state index contributed by atoms with van der Waals surface area (Å²) in [7, 11) is 0. The van der Waals surface area contributed by atoms with Gasteiger partial charge in [-0.05, 0) is 49.5 Å². The van der Waals surface area contributed by atoms with Crippen molar-refractivity contribution in [2.45, 2.75) is 20.4 Å². The highest BCUT2D eigenvalue weighted by Gasteiger charge is 2.13. The molecule has 6 heteroatoms. The molecule has 6 nitrogen and oxygen atoms in total. The van der Waals surface area contributed by atoms with Crippen molar-refractivity contribution >= 4 is 11.0 Å². The van der Waals surface area contributed by atoms with Gasteiger partial charge in [0.1, 0.15) is 24.6 Å². The second-order valence-corrected chi connectivity index (χ2v) is 5.94. The molecule has 0 amide bonds. The fourth-order valence-corrected chi connectivity index (χ4v) is 2.94. The van der Waals surface area contributed by atoms with Gasteiger partial charge in [0.05, 0.1) is 6.07 Å². The molecule has 0 aliphatic rings. The zero-order valence-corrected chi connectivity index (χ0v) is 15.2. The van der Waals surface area contributed by atoms with Crippen LogP contribution in [0.15, 0.2) is 42.6 Å². The lowest BCUT2D eigenvalue weighted by atomic mass is 10.1. The molecule has 0 aliphatic heterocycles. The molecule has 0 radical (unpaired) electrons. The predicted molar refractivity (Wildman–Crippen MR) is 102 cm³/mol. The van der Waals surface area contributed by atoms with Crippen molar-refractivity contribution in [2.24, 2.45) is 0 Å². The van der Waals surface area contributed by atoms with E-state index >= 15 is 0 Å². The summed E-state index contributed by atoms with van der Waals surface area (Å²) < 4.78 is 7.48. The van der Waals surface area contributed by atoms with E-state index in [4.69, 9.17) is 10.00 Å². The Hall–Kier alpha value is -2.91. The van der Waals surface area contributed by atoms with Gasteiger partial charge >= 0.3 is 0 Å². The van der Waals surface area contributed by atoms with E-state index in [1.165, 1.54) is 0 Å². The first-order valence-corrected chi connectivity index (χ1v) is 8.90. The van der Waals surface area contributed by atoms with Crippen LogP contribution in [0.5, 0.6) is 5.75 Å². The molecule has 0 saturated carbocycles. The highest BCUT2D eigenvalue weighted by molar-refractivity contribution is 5.91. The first kappa shape index (κ1) is 17.9.